The van der Waals surface area contributed by atoms with Gasteiger partial charge in [-0.25, -0.2) is 5.43 Å². The molecule has 6 nitrogen and oxygen atoms in total. The molecule has 2 aromatic carbocycles. The largest absolute Gasteiger partial charge is 0.379 e. The number of amides is 1. The molecule has 0 spiro atoms. The average Bonchev–Trinajstić information content (AvgIpc) is 3.10. The van der Waals surface area contributed by atoms with Crippen LogP contribution in [0.1, 0.15) is 44.0 Å². The minimum atomic E-state index is -0.216. The Hall–Kier alpha value is -3.22. The second-order valence-electron chi connectivity index (χ2n) is 8.72. The van der Waals surface area contributed by atoms with Crippen LogP contribution in [0.25, 0.3) is 5.69 Å². The number of carbonyl (C=O) groups excluding carboxylic acids is 1. The minimum absolute atomic E-state index is 0.216. The first-order chi connectivity index (χ1) is 15.9. The summed E-state index contributed by atoms with van der Waals surface area (Å²) in [5.41, 5.74) is 11.3. The van der Waals surface area contributed by atoms with Crippen molar-refractivity contribution in [3.05, 3.63) is 87.7 Å². The molecule has 0 radical (unpaired) electrons. The first-order valence-corrected chi connectivity index (χ1v) is 11.4. The molecule has 0 unspecified atom stereocenters. The lowest BCUT2D eigenvalue weighted by Gasteiger charge is -2.26. The number of carbonyl (C=O) groups is 1. The van der Waals surface area contributed by atoms with Crippen molar-refractivity contribution in [3.8, 4) is 5.69 Å². The third kappa shape index (κ3) is 5.41. The summed E-state index contributed by atoms with van der Waals surface area (Å²) >= 11 is 0. The summed E-state index contributed by atoms with van der Waals surface area (Å²) < 4.78 is 7.61. The molecule has 1 aliphatic rings. The molecule has 4 rings (SSSR count). The van der Waals surface area contributed by atoms with E-state index in [-0.39, 0.29) is 5.91 Å². The first-order valence-electron chi connectivity index (χ1n) is 11.4. The highest BCUT2D eigenvalue weighted by atomic mass is 16.5. The van der Waals surface area contributed by atoms with E-state index in [4.69, 9.17) is 4.74 Å². The van der Waals surface area contributed by atoms with Gasteiger partial charge in [0.2, 0.25) is 0 Å². The Morgan fingerprint density at radius 2 is 1.73 bits per heavy atom. The number of hydrazone groups is 1. The van der Waals surface area contributed by atoms with Crippen molar-refractivity contribution in [2.75, 3.05) is 26.3 Å². The minimum Gasteiger partial charge on any atom is -0.379 e. The number of aromatic nitrogens is 1. The molecule has 1 saturated heterocycles. The SMILES string of the molecule is Cc1ccc(-n2c(C)cc(/C=N\NC(=O)c3ccc(CN4CCOCC4)cc3)c2C)cc1C. The zero-order valence-corrected chi connectivity index (χ0v) is 19.9. The van der Waals surface area contributed by atoms with Crippen LogP contribution in [-0.2, 0) is 11.3 Å². The number of morpholine rings is 1. The van der Waals surface area contributed by atoms with Crippen molar-refractivity contribution in [1.82, 2.24) is 14.9 Å². The lowest BCUT2D eigenvalue weighted by molar-refractivity contribution is 0.0342. The lowest BCUT2D eigenvalue weighted by Crippen LogP contribution is -2.35. The van der Waals surface area contributed by atoms with E-state index in [1.165, 1.54) is 16.7 Å². The summed E-state index contributed by atoms with van der Waals surface area (Å²) in [6.45, 7) is 12.7. The van der Waals surface area contributed by atoms with E-state index < -0.39 is 0 Å². The molecule has 0 aliphatic carbocycles. The van der Waals surface area contributed by atoms with Crippen molar-refractivity contribution in [2.45, 2.75) is 34.2 Å². The summed E-state index contributed by atoms with van der Waals surface area (Å²) in [6.07, 6.45) is 1.71. The van der Waals surface area contributed by atoms with Crippen molar-refractivity contribution in [1.29, 1.82) is 0 Å². The van der Waals surface area contributed by atoms with Gasteiger partial charge in [-0.15, -0.1) is 0 Å². The Morgan fingerprint density at radius 1 is 1.00 bits per heavy atom. The van der Waals surface area contributed by atoms with Crippen LogP contribution in [0.2, 0.25) is 0 Å². The van der Waals surface area contributed by atoms with Gasteiger partial charge in [0.25, 0.3) is 5.91 Å². The lowest BCUT2D eigenvalue weighted by atomic mass is 10.1. The van der Waals surface area contributed by atoms with Crippen LogP contribution in [0.4, 0.5) is 0 Å². The smallest absolute Gasteiger partial charge is 0.271 e. The fourth-order valence-corrected chi connectivity index (χ4v) is 4.18. The quantitative estimate of drug-likeness (QED) is 0.455. The monoisotopic (exact) mass is 444 g/mol. The molecule has 1 N–H and O–H groups in total. The molecule has 1 amide bonds. The summed E-state index contributed by atoms with van der Waals surface area (Å²) in [6, 6.07) is 16.3. The third-order valence-electron chi connectivity index (χ3n) is 6.31. The van der Waals surface area contributed by atoms with Crippen LogP contribution in [0.3, 0.4) is 0 Å². The fourth-order valence-electron chi connectivity index (χ4n) is 4.18. The van der Waals surface area contributed by atoms with Gasteiger partial charge in [0, 0.05) is 47.8 Å². The molecule has 172 valence electrons. The predicted molar refractivity (Wildman–Crippen MR) is 132 cm³/mol. The molecular weight excluding hydrogens is 412 g/mol. The Bertz CT molecular complexity index is 1160. The van der Waals surface area contributed by atoms with Crippen LogP contribution in [0.15, 0.2) is 53.6 Å². The molecule has 33 heavy (non-hydrogen) atoms. The van der Waals surface area contributed by atoms with Crippen LogP contribution in [0.5, 0.6) is 0 Å². The van der Waals surface area contributed by atoms with Crippen molar-refractivity contribution in [3.63, 3.8) is 0 Å². The topological polar surface area (TPSA) is 58.9 Å². The molecule has 1 aliphatic heterocycles. The van der Waals surface area contributed by atoms with E-state index in [1.54, 1.807) is 6.21 Å². The maximum absolute atomic E-state index is 12.5. The van der Waals surface area contributed by atoms with Crippen LogP contribution < -0.4 is 5.43 Å². The number of hydrogen-bond acceptors (Lipinski definition) is 4. The zero-order chi connectivity index (χ0) is 23.4. The second kappa shape index (κ2) is 10.1. The standard InChI is InChI=1S/C27H32N4O2/c1-19-5-10-26(15-20(19)2)31-21(3)16-25(22(31)4)17-28-29-27(32)24-8-6-23(7-9-24)18-30-11-13-33-14-12-30/h5-10,15-17H,11-14,18H2,1-4H3,(H,29,32)/b28-17-. The fraction of sp³-hybridized carbons (Fsp3) is 0.333. The van der Waals surface area contributed by atoms with E-state index in [0.29, 0.717) is 5.56 Å². The number of benzene rings is 2. The summed E-state index contributed by atoms with van der Waals surface area (Å²) in [4.78, 5) is 14.9. The molecule has 1 fully saturated rings. The summed E-state index contributed by atoms with van der Waals surface area (Å²) in [7, 11) is 0. The maximum atomic E-state index is 12.5. The van der Waals surface area contributed by atoms with Crippen molar-refractivity contribution >= 4 is 12.1 Å². The Kier molecular flexibility index (Phi) is 7.06. The molecule has 6 heteroatoms. The van der Waals surface area contributed by atoms with Crippen molar-refractivity contribution in [2.24, 2.45) is 5.10 Å². The third-order valence-corrected chi connectivity index (χ3v) is 6.31. The molecule has 2 heterocycles. The highest BCUT2D eigenvalue weighted by molar-refractivity contribution is 5.95. The van der Waals surface area contributed by atoms with E-state index in [0.717, 1.165) is 55.5 Å². The zero-order valence-electron chi connectivity index (χ0n) is 19.9. The average molecular weight is 445 g/mol. The van der Waals surface area contributed by atoms with Gasteiger partial charge >= 0.3 is 0 Å². The normalized spacial score (nSPS) is 14.7. The highest BCUT2D eigenvalue weighted by Crippen LogP contribution is 2.22. The van der Waals surface area contributed by atoms with E-state index in [2.05, 4.69) is 72.0 Å². The second-order valence-corrected chi connectivity index (χ2v) is 8.72. The Morgan fingerprint density at radius 3 is 2.42 bits per heavy atom. The molecule has 0 atom stereocenters. The number of aryl methyl sites for hydroxylation is 3. The first kappa shape index (κ1) is 23.0. The molecule has 0 saturated carbocycles. The Balaban J connectivity index is 1.39. The highest BCUT2D eigenvalue weighted by Gasteiger charge is 2.12. The number of nitrogens with zero attached hydrogens (tertiary/aromatic N) is 3. The van der Waals surface area contributed by atoms with Crippen LogP contribution in [0, 0.1) is 27.7 Å². The molecule has 1 aromatic heterocycles. The summed E-state index contributed by atoms with van der Waals surface area (Å²) in [5.74, 6) is -0.216. The Labute approximate surface area is 195 Å². The molecule has 0 bridgehead atoms. The molecule has 3 aromatic rings. The summed E-state index contributed by atoms with van der Waals surface area (Å²) in [5, 5.41) is 4.21. The predicted octanol–water partition coefficient (Wildman–Crippen LogP) is 4.31. The maximum Gasteiger partial charge on any atom is 0.271 e. The van der Waals surface area contributed by atoms with Gasteiger partial charge in [0.1, 0.15) is 0 Å². The van der Waals surface area contributed by atoms with E-state index in [9.17, 15) is 4.79 Å². The van der Waals surface area contributed by atoms with Gasteiger partial charge in [-0.2, -0.15) is 5.10 Å². The number of hydrogen-bond donors (Lipinski definition) is 1. The van der Waals surface area contributed by atoms with Gasteiger partial charge < -0.3 is 9.30 Å². The number of rotatable bonds is 6. The van der Waals surface area contributed by atoms with Gasteiger partial charge in [0.15, 0.2) is 0 Å². The number of ether oxygens (including phenoxy) is 1. The van der Waals surface area contributed by atoms with Crippen molar-refractivity contribution < 1.29 is 9.53 Å². The number of nitrogens with one attached hydrogen (secondary N) is 1. The van der Waals surface area contributed by atoms with Gasteiger partial charge in [-0.05, 0) is 74.7 Å². The van der Waals surface area contributed by atoms with E-state index in [1.807, 2.05) is 24.3 Å². The van der Waals surface area contributed by atoms with Gasteiger partial charge in [-0.3, -0.25) is 9.69 Å². The van der Waals surface area contributed by atoms with Gasteiger partial charge in [-0.1, -0.05) is 18.2 Å². The van der Waals surface area contributed by atoms with Gasteiger partial charge in [0.05, 0.1) is 19.4 Å². The molecular formula is C27H32N4O2. The van der Waals surface area contributed by atoms with Crippen LogP contribution >= 0.6 is 0 Å². The van der Waals surface area contributed by atoms with Crippen LogP contribution in [-0.4, -0.2) is 47.9 Å². The van der Waals surface area contributed by atoms with E-state index >= 15 is 0 Å².